The predicted molar refractivity (Wildman–Crippen MR) is 146 cm³/mol. The average molecular weight is 507 g/mol. The van der Waals surface area contributed by atoms with E-state index < -0.39 is 0 Å². The number of aromatic nitrogens is 4. The third kappa shape index (κ3) is 6.41. The Kier molecular flexibility index (Phi) is 7.71. The molecule has 1 aliphatic rings. The van der Waals surface area contributed by atoms with Gasteiger partial charge in [0.25, 0.3) is 0 Å². The van der Waals surface area contributed by atoms with E-state index in [0.717, 1.165) is 30.6 Å². The van der Waals surface area contributed by atoms with Crippen molar-refractivity contribution in [2.45, 2.75) is 25.8 Å². The van der Waals surface area contributed by atoms with Crippen LogP contribution in [0, 0.1) is 17.2 Å². The zero-order valence-corrected chi connectivity index (χ0v) is 21.3. The van der Waals surface area contributed by atoms with Gasteiger partial charge in [0.1, 0.15) is 5.75 Å². The summed E-state index contributed by atoms with van der Waals surface area (Å²) in [6.45, 7) is 2.80. The number of benzene rings is 2. The molecule has 4 aromatic rings. The number of piperidine rings is 1. The lowest BCUT2D eigenvalue weighted by Crippen LogP contribution is -2.30. The summed E-state index contributed by atoms with van der Waals surface area (Å²) in [6.07, 6.45) is 8.86. The molecule has 38 heavy (non-hydrogen) atoms. The molecule has 9 nitrogen and oxygen atoms in total. The van der Waals surface area contributed by atoms with Gasteiger partial charge in [-0.05, 0) is 80.7 Å². The Balaban J connectivity index is 1.22. The van der Waals surface area contributed by atoms with Crippen molar-refractivity contribution in [3.05, 3.63) is 83.8 Å². The van der Waals surface area contributed by atoms with Crippen LogP contribution >= 0.6 is 0 Å². The van der Waals surface area contributed by atoms with Crippen molar-refractivity contribution in [1.82, 2.24) is 24.8 Å². The number of nitrogens with zero attached hydrogens (tertiary/aromatic N) is 6. The van der Waals surface area contributed by atoms with Crippen LogP contribution in [0.4, 0.5) is 11.6 Å². The third-order valence-corrected chi connectivity index (χ3v) is 6.68. The largest absolute Gasteiger partial charge is 0.437 e. The predicted octanol–water partition coefficient (Wildman–Crippen LogP) is 4.68. The number of hydrogen-bond acceptors (Lipinski definition) is 9. The summed E-state index contributed by atoms with van der Waals surface area (Å²) in [5.41, 5.74) is 9.71. The quantitative estimate of drug-likeness (QED) is 0.350. The zero-order valence-electron chi connectivity index (χ0n) is 21.3. The molecule has 0 aliphatic carbocycles. The Labute approximate surface area is 222 Å². The van der Waals surface area contributed by atoms with E-state index in [1.165, 1.54) is 24.6 Å². The molecule has 1 fully saturated rings. The Morgan fingerprint density at radius 2 is 1.82 bits per heavy atom. The van der Waals surface area contributed by atoms with E-state index in [-0.39, 0.29) is 11.7 Å². The summed E-state index contributed by atoms with van der Waals surface area (Å²) < 4.78 is 5.77. The van der Waals surface area contributed by atoms with Gasteiger partial charge in [-0.3, -0.25) is 0 Å². The normalized spacial score (nSPS) is 14.1. The van der Waals surface area contributed by atoms with Crippen LogP contribution in [0.3, 0.4) is 0 Å². The van der Waals surface area contributed by atoms with Crippen LogP contribution in [0.25, 0.3) is 11.4 Å². The highest BCUT2D eigenvalue weighted by atomic mass is 16.5. The molecule has 0 amide bonds. The second-order valence-corrected chi connectivity index (χ2v) is 9.60. The maximum Gasteiger partial charge on any atom is 0.239 e. The van der Waals surface area contributed by atoms with Crippen molar-refractivity contribution >= 4 is 11.6 Å². The molecule has 5 rings (SSSR count). The number of hydrogen-bond donors (Lipinski definition) is 2. The minimum Gasteiger partial charge on any atom is -0.437 e. The van der Waals surface area contributed by atoms with Gasteiger partial charge in [-0.1, -0.05) is 24.3 Å². The molecule has 1 saturated heterocycles. The van der Waals surface area contributed by atoms with Gasteiger partial charge in [0, 0.05) is 24.5 Å². The second kappa shape index (κ2) is 11.7. The van der Waals surface area contributed by atoms with Crippen molar-refractivity contribution < 1.29 is 4.74 Å². The van der Waals surface area contributed by atoms with Crippen LogP contribution in [0.1, 0.15) is 29.5 Å². The Morgan fingerprint density at radius 3 is 2.61 bits per heavy atom. The minimum absolute atomic E-state index is 0.266. The molecule has 2 aromatic heterocycles. The number of rotatable bonds is 8. The Bertz CT molecular complexity index is 1430. The number of ether oxygens (including phenoxy) is 1. The lowest BCUT2D eigenvalue weighted by atomic mass is 9.91. The fourth-order valence-electron chi connectivity index (χ4n) is 4.53. The summed E-state index contributed by atoms with van der Waals surface area (Å²) >= 11 is 0. The molecule has 192 valence electrons. The molecular formula is C29H30N8O. The van der Waals surface area contributed by atoms with Crippen molar-refractivity contribution in [3.8, 4) is 29.1 Å². The van der Waals surface area contributed by atoms with Crippen molar-refractivity contribution in [1.29, 1.82) is 5.26 Å². The highest BCUT2D eigenvalue weighted by Crippen LogP contribution is 2.25. The van der Waals surface area contributed by atoms with Crippen LogP contribution in [0.5, 0.6) is 11.6 Å². The Hall–Kier alpha value is -4.55. The summed E-state index contributed by atoms with van der Waals surface area (Å²) in [6, 6.07) is 17.0. The van der Waals surface area contributed by atoms with Gasteiger partial charge < -0.3 is 20.7 Å². The molecule has 0 atom stereocenters. The summed E-state index contributed by atoms with van der Waals surface area (Å²) in [7, 11) is 2.18. The molecule has 2 aromatic carbocycles. The van der Waals surface area contributed by atoms with Crippen LogP contribution in [-0.4, -0.2) is 45.0 Å². The van der Waals surface area contributed by atoms with Crippen LogP contribution in [-0.2, 0) is 13.0 Å². The summed E-state index contributed by atoms with van der Waals surface area (Å²) in [4.78, 5) is 20.3. The number of nitrogens with one attached hydrogen (secondary N) is 1. The molecule has 3 heterocycles. The maximum atomic E-state index is 9.09. The molecule has 3 N–H and O–H groups in total. The lowest BCUT2D eigenvalue weighted by molar-refractivity contribution is 0.219. The molecule has 0 unspecified atom stereocenters. The molecular weight excluding hydrogens is 476 g/mol. The number of likely N-dealkylation sites (tertiary alicyclic amines) is 1. The number of anilines is 2. The molecule has 9 heteroatoms. The first kappa shape index (κ1) is 25.1. The summed E-state index contributed by atoms with van der Waals surface area (Å²) in [5.74, 6) is 2.87. The van der Waals surface area contributed by atoms with Gasteiger partial charge in [-0.15, -0.1) is 0 Å². The maximum absolute atomic E-state index is 9.09. The van der Waals surface area contributed by atoms with E-state index in [2.05, 4.69) is 49.3 Å². The smallest absolute Gasteiger partial charge is 0.239 e. The van der Waals surface area contributed by atoms with Crippen LogP contribution in [0.15, 0.2) is 67.1 Å². The monoisotopic (exact) mass is 506 g/mol. The van der Waals surface area contributed by atoms with Gasteiger partial charge in [0.2, 0.25) is 5.88 Å². The SMILES string of the molecule is CN1CCC(Cc2cnc(-c3cccc(CNc4nc(Oc5cccc(C#N)c5)cnc4N)c3)nc2)CC1. The standard InChI is InChI=1S/C29H30N8O/c1-37-10-8-20(9-11-37)12-23-17-33-28(34-18-23)24-6-2-5-22(13-24)16-35-29-27(31)32-19-26(36-29)38-25-7-3-4-21(14-25)15-30/h2-7,13-14,17-20H,8-12,16H2,1H3,(H2,31,32)(H,35,36). The van der Waals surface area contributed by atoms with Gasteiger partial charge in [0.15, 0.2) is 17.5 Å². The van der Waals surface area contributed by atoms with Crippen molar-refractivity contribution in [2.24, 2.45) is 5.92 Å². The van der Waals surface area contributed by atoms with E-state index in [1.807, 2.05) is 30.6 Å². The summed E-state index contributed by atoms with van der Waals surface area (Å²) in [5, 5.41) is 12.3. The first-order valence-corrected chi connectivity index (χ1v) is 12.7. The molecule has 0 bridgehead atoms. The number of nitrogen functional groups attached to an aromatic ring is 1. The van der Waals surface area contributed by atoms with Gasteiger partial charge in [-0.2, -0.15) is 10.2 Å². The van der Waals surface area contributed by atoms with E-state index in [1.54, 1.807) is 24.3 Å². The van der Waals surface area contributed by atoms with Crippen LogP contribution < -0.4 is 15.8 Å². The molecule has 0 saturated carbocycles. The lowest BCUT2D eigenvalue weighted by Gasteiger charge is -2.28. The zero-order chi connectivity index (χ0) is 26.3. The van der Waals surface area contributed by atoms with E-state index in [0.29, 0.717) is 35.4 Å². The number of nitrogens with two attached hydrogens (primary N) is 1. The van der Waals surface area contributed by atoms with E-state index >= 15 is 0 Å². The highest BCUT2D eigenvalue weighted by Gasteiger charge is 2.17. The molecule has 0 spiro atoms. The van der Waals surface area contributed by atoms with E-state index in [9.17, 15) is 0 Å². The van der Waals surface area contributed by atoms with Gasteiger partial charge in [-0.25, -0.2) is 15.0 Å². The highest BCUT2D eigenvalue weighted by molar-refractivity contribution is 5.59. The average Bonchev–Trinajstić information content (AvgIpc) is 2.95. The fourth-order valence-corrected chi connectivity index (χ4v) is 4.53. The topological polar surface area (TPSA) is 126 Å². The number of nitriles is 1. The van der Waals surface area contributed by atoms with E-state index in [4.69, 9.17) is 15.7 Å². The van der Waals surface area contributed by atoms with Crippen molar-refractivity contribution in [3.63, 3.8) is 0 Å². The Morgan fingerprint density at radius 1 is 1.03 bits per heavy atom. The minimum atomic E-state index is 0.266. The first-order chi connectivity index (χ1) is 18.6. The van der Waals surface area contributed by atoms with Gasteiger partial charge in [0.05, 0.1) is 17.8 Å². The van der Waals surface area contributed by atoms with Gasteiger partial charge >= 0.3 is 0 Å². The third-order valence-electron chi connectivity index (χ3n) is 6.68. The van der Waals surface area contributed by atoms with Crippen LogP contribution in [0.2, 0.25) is 0 Å². The molecule has 1 aliphatic heterocycles. The fraction of sp³-hybridized carbons (Fsp3) is 0.276. The first-order valence-electron chi connectivity index (χ1n) is 12.7. The second-order valence-electron chi connectivity index (χ2n) is 9.60. The van der Waals surface area contributed by atoms with Crippen molar-refractivity contribution in [2.75, 3.05) is 31.2 Å². The molecule has 0 radical (unpaired) electrons.